The molecule has 7 heteroatoms. The van der Waals surface area contributed by atoms with Gasteiger partial charge in [0.1, 0.15) is 10.6 Å². The molecular formula is C15H21N3O3S. The number of hydrogen-bond donors (Lipinski definition) is 1. The van der Waals surface area contributed by atoms with Crippen molar-refractivity contribution in [2.24, 2.45) is 7.05 Å². The minimum absolute atomic E-state index is 0.0673. The maximum atomic E-state index is 12.3. The van der Waals surface area contributed by atoms with E-state index >= 15 is 0 Å². The van der Waals surface area contributed by atoms with E-state index in [1.54, 1.807) is 14.0 Å². The molecule has 1 aromatic heterocycles. The normalized spacial score (nSPS) is 13.3. The van der Waals surface area contributed by atoms with Crippen LogP contribution < -0.4 is 9.46 Å². The lowest BCUT2D eigenvalue weighted by Crippen LogP contribution is -2.26. The molecule has 0 fully saturated rings. The van der Waals surface area contributed by atoms with Crippen LogP contribution in [0.4, 0.5) is 0 Å². The van der Waals surface area contributed by atoms with Crippen molar-refractivity contribution in [2.45, 2.75) is 37.8 Å². The molecule has 22 heavy (non-hydrogen) atoms. The highest BCUT2D eigenvalue weighted by atomic mass is 32.2. The quantitative estimate of drug-likeness (QED) is 0.885. The second kappa shape index (κ2) is 6.50. The van der Waals surface area contributed by atoms with Crippen molar-refractivity contribution in [1.82, 2.24) is 14.5 Å². The maximum Gasteiger partial charge on any atom is 0.244 e. The summed E-state index contributed by atoms with van der Waals surface area (Å²) in [5.74, 6) is 0.722. The van der Waals surface area contributed by atoms with Crippen molar-refractivity contribution < 1.29 is 13.2 Å². The summed E-state index contributed by atoms with van der Waals surface area (Å²) in [4.78, 5) is 0.149. The van der Waals surface area contributed by atoms with Crippen LogP contribution in [0.1, 0.15) is 32.4 Å². The van der Waals surface area contributed by atoms with Gasteiger partial charge in [0.05, 0.1) is 12.3 Å². The number of aryl methyl sites for hydroxylation is 1. The van der Waals surface area contributed by atoms with Gasteiger partial charge < -0.3 is 4.74 Å². The van der Waals surface area contributed by atoms with Crippen LogP contribution in [0.3, 0.4) is 0 Å². The van der Waals surface area contributed by atoms with E-state index in [1.807, 2.05) is 38.1 Å². The van der Waals surface area contributed by atoms with Gasteiger partial charge in [-0.2, -0.15) is 5.10 Å². The molecule has 2 rings (SSSR count). The van der Waals surface area contributed by atoms with Crippen LogP contribution in [-0.4, -0.2) is 24.3 Å². The SMILES string of the molecule is CC(C)Oc1cccc([C@@H](C)NS(=O)(=O)c2cnn(C)c2)c1. The summed E-state index contributed by atoms with van der Waals surface area (Å²) in [6.07, 6.45) is 2.86. The summed E-state index contributed by atoms with van der Waals surface area (Å²) >= 11 is 0. The number of rotatable bonds is 6. The van der Waals surface area contributed by atoms with Crippen molar-refractivity contribution >= 4 is 10.0 Å². The number of benzene rings is 1. The number of ether oxygens (including phenoxy) is 1. The third kappa shape index (κ3) is 4.08. The summed E-state index contributed by atoms with van der Waals surface area (Å²) < 4.78 is 34.3. The van der Waals surface area contributed by atoms with E-state index in [0.29, 0.717) is 0 Å². The molecule has 0 unspecified atom stereocenters. The van der Waals surface area contributed by atoms with E-state index in [2.05, 4.69) is 9.82 Å². The van der Waals surface area contributed by atoms with E-state index in [1.165, 1.54) is 17.1 Å². The number of nitrogens with zero attached hydrogens (tertiary/aromatic N) is 2. The molecule has 0 aliphatic carbocycles. The number of hydrogen-bond acceptors (Lipinski definition) is 4. The summed E-state index contributed by atoms with van der Waals surface area (Å²) in [5.41, 5.74) is 0.839. The molecule has 1 atom stereocenters. The molecule has 0 radical (unpaired) electrons. The van der Waals surface area contributed by atoms with Gasteiger partial charge in [-0.05, 0) is 38.5 Å². The topological polar surface area (TPSA) is 73.2 Å². The first-order chi connectivity index (χ1) is 10.3. The Kier molecular flexibility index (Phi) is 4.87. The fraction of sp³-hybridized carbons (Fsp3) is 0.400. The van der Waals surface area contributed by atoms with Crippen molar-refractivity contribution in [3.8, 4) is 5.75 Å². The lowest BCUT2D eigenvalue weighted by atomic mass is 10.1. The Morgan fingerprint density at radius 1 is 1.27 bits per heavy atom. The second-order valence-electron chi connectivity index (χ2n) is 5.43. The Labute approximate surface area is 131 Å². The third-order valence-electron chi connectivity index (χ3n) is 3.05. The first kappa shape index (κ1) is 16.5. The molecule has 0 saturated heterocycles. The van der Waals surface area contributed by atoms with Crippen LogP contribution in [0.5, 0.6) is 5.75 Å². The van der Waals surface area contributed by atoms with Crippen molar-refractivity contribution in [3.63, 3.8) is 0 Å². The van der Waals surface area contributed by atoms with Crippen LogP contribution >= 0.6 is 0 Å². The van der Waals surface area contributed by atoms with Crippen LogP contribution in [0, 0.1) is 0 Å². The smallest absolute Gasteiger partial charge is 0.244 e. The standard InChI is InChI=1S/C15H21N3O3S/c1-11(2)21-14-7-5-6-13(8-14)12(3)17-22(19,20)15-9-16-18(4)10-15/h5-12,17H,1-4H3/t12-/m1/s1. The van der Waals surface area contributed by atoms with E-state index < -0.39 is 10.0 Å². The van der Waals surface area contributed by atoms with Crippen molar-refractivity contribution in [1.29, 1.82) is 0 Å². The zero-order valence-electron chi connectivity index (χ0n) is 13.1. The fourth-order valence-corrected chi connectivity index (χ4v) is 3.25. The van der Waals surface area contributed by atoms with Gasteiger partial charge >= 0.3 is 0 Å². The molecule has 120 valence electrons. The number of sulfonamides is 1. The summed E-state index contributed by atoms with van der Waals surface area (Å²) in [7, 11) is -1.92. The Hall–Kier alpha value is -1.86. The van der Waals surface area contributed by atoms with E-state index in [0.717, 1.165) is 11.3 Å². The van der Waals surface area contributed by atoms with Gasteiger partial charge in [0, 0.05) is 19.3 Å². The predicted octanol–water partition coefficient (Wildman–Crippen LogP) is 2.25. The molecule has 1 N–H and O–H groups in total. The zero-order chi connectivity index (χ0) is 16.3. The van der Waals surface area contributed by atoms with Crippen molar-refractivity contribution in [2.75, 3.05) is 0 Å². The molecule has 1 heterocycles. The first-order valence-corrected chi connectivity index (χ1v) is 8.54. The van der Waals surface area contributed by atoms with Crippen LogP contribution in [0.15, 0.2) is 41.6 Å². The Morgan fingerprint density at radius 2 is 2.00 bits per heavy atom. The summed E-state index contributed by atoms with van der Waals surface area (Å²) in [6.45, 7) is 5.69. The van der Waals surface area contributed by atoms with Crippen LogP contribution in [-0.2, 0) is 17.1 Å². The lowest BCUT2D eigenvalue weighted by Gasteiger charge is -2.16. The molecule has 1 aromatic carbocycles. The lowest BCUT2D eigenvalue weighted by molar-refractivity contribution is 0.242. The van der Waals surface area contributed by atoms with Crippen LogP contribution in [0.25, 0.3) is 0 Å². The Bertz CT molecular complexity index is 738. The van der Waals surface area contributed by atoms with Crippen molar-refractivity contribution in [3.05, 3.63) is 42.2 Å². The highest BCUT2D eigenvalue weighted by molar-refractivity contribution is 7.89. The first-order valence-electron chi connectivity index (χ1n) is 7.05. The summed E-state index contributed by atoms with van der Waals surface area (Å²) in [6, 6.07) is 7.04. The highest BCUT2D eigenvalue weighted by Crippen LogP contribution is 2.21. The average Bonchev–Trinajstić information content (AvgIpc) is 2.85. The van der Waals surface area contributed by atoms with Gasteiger partial charge in [0.2, 0.25) is 10.0 Å². The molecule has 0 aliphatic heterocycles. The van der Waals surface area contributed by atoms with Gasteiger partial charge in [-0.25, -0.2) is 13.1 Å². The number of aromatic nitrogens is 2. The third-order valence-corrected chi connectivity index (χ3v) is 4.55. The minimum atomic E-state index is -3.60. The highest BCUT2D eigenvalue weighted by Gasteiger charge is 2.20. The largest absolute Gasteiger partial charge is 0.491 e. The average molecular weight is 323 g/mol. The molecule has 0 saturated carbocycles. The molecule has 6 nitrogen and oxygen atoms in total. The minimum Gasteiger partial charge on any atom is -0.491 e. The Morgan fingerprint density at radius 3 is 2.59 bits per heavy atom. The van der Waals surface area contributed by atoms with Gasteiger partial charge in [0.25, 0.3) is 0 Å². The summed E-state index contributed by atoms with van der Waals surface area (Å²) in [5, 5.41) is 3.89. The molecule has 0 bridgehead atoms. The monoisotopic (exact) mass is 323 g/mol. The van der Waals surface area contributed by atoms with Gasteiger partial charge in [0.15, 0.2) is 0 Å². The molecule has 0 aliphatic rings. The van der Waals surface area contributed by atoms with E-state index in [-0.39, 0.29) is 17.0 Å². The Balaban J connectivity index is 2.16. The second-order valence-corrected chi connectivity index (χ2v) is 7.15. The van der Waals surface area contributed by atoms with Gasteiger partial charge in [-0.3, -0.25) is 4.68 Å². The van der Waals surface area contributed by atoms with E-state index in [4.69, 9.17) is 4.74 Å². The maximum absolute atomic E-state index is 12.3. The van der Waals surface area contributed by atoms with E-state index in [9.17, 15) is 8.42 Å². The predicted molar refractivity (Wildman–Crippen MR) is 84.2 cm³/mol. The number of nitrogens with one attached hydrogen (secondary N) is 1. The van der Waals surface area contributed by atoms with Gasteiger partial charge in [-0.15, -0.1) is 0 Å². The van der Waals surface area contributed by atoms with Gasteiger partial charge in [-0.1, -0.05) is 12.1 Å². The molecule has 0 spiro atoms. The zero-order valence-corrected chi connectivity index (χ0v) is 14.0. The molecule has 2 aromatic rings. The van der Waals surface area contributed by atoms with Crippen LogP contribution in [0.2, 0.25) is 0 Å². The molecular weight excluding hydrogens is 302 g/mol. The molecule has 0 amide bonds. The fourth-order valence-electron chi connectivity index (χ4n) is 2.04.